The minimum atomic E-state index is -4.58. The molecule has 8 nitrogen and oxygen atoms in total. The first-order valence-corrected chi connectivity index (χ1v) is 12.9. The molecule has 1 fully saturated rings. The van der Waals surface area contributed by atoms with Gasteiger partial charge in [0.25, 0.3) is 11.5 Å². The van der Waals surface area contributed by atoms with Gasteiger partial charge in [0.2, 0.25) is 10.0 Å². The Labute approximate surface area is 211 Å². The van der Waals surface area contributed by atoms with Crippen molar-refractivity contribution in [1.29, 1.82) is 0 Å². The van der Waals surface area contributed by atoms with Gasteiger partial charge in [0.15, 0.2) is 0 Å². The van der Waals surface area contributed by atoms with Crippen LogP contribution in [-0.4, -0.2) is 49.4 Å². The highest BCUT2D eigenvalue weighted by Crippen LogP contribution is 2.30. The fraction of sp³-hybridized carbons (Fsp3) is 0.280. The lowest BCUT2D eigenvalue weighted by molar-refractivity contribution is -0.137. The summed E-state index contributed by atoms with van der Waals surface area (Å²) >= 11 is 0. The second-order valence-corrected chi connectivity index (χ2v) is 10.5. The number of hydrogen-bond donors (Lipinski definition) is 2. The topological polar surface area (TPSA) is 101 Å². The van der Waals surface area contributed by atoms with Gasteiger partial charge in [-0.05, 0) is 55.0 Å². The van der Waals surface area contributed by atoms with Crippen molar-refractivity contribution in [1.82, 2.24) is 19.5 Å². The molecule has 2 N–H and O–H groups in total. The standard InChI is InChI=1S/C25H25F3N4O4S/c1-17-5-10-22(24(34)32(17)20-4-2-3-19(15-20)25(26,27)28)23(33)30-16-18-6-8-21(9-7-18)37(35,36)31-13-11-29-12-14-31/h2-10,15,29H,11-14,16H2,1H3,(H,30,33). The van der Waals surface area contributed by atoms with Crippen molar-refractivity contribution < 1.29 is 26.4 Å². The van der Waals surface area contributed by atoms with Gasteiger partial charge in [0.1, 0.15) is 5.56 Å². The van der Waals surface area contributed by atoms with Crippen molar-refractivity contribution in [3.63, 3.8) is 0 Å². The molecule has 0 spiro atoms. The molecule has 3 aromatic rings. The van der Waals surface area contributed by atoms with E-state index < -0.39 is 33.2 Å². The van der Waals surface area contributed by atoms with Gasteiger partial charge in [-0.2, -0.15) is 17.5 Å². The van der Waals surface area contributed by atoms with Gasteiger partial charge in [-0.1, -0.05) is 18.2 Å². The van der Waals surface area contributed by atoms with E-state index in [-0.39, 0.29) is 22.7 Å². The number of aromatic nitrogens is 1. The summed E-state index contributed by atoms with van der Waals surface area (Å²) in [6, 6.07) is 13.2. The van der Waals surface area contributed by atoms with E-state index in [2.05, 4.69) is 10.6 Å². The second-order valence-electron chi connectivity index (χ2n) is 8.56. The number of piperazine rings is 1. The van der Waals surface area contributed by atoms with Gasteiger partial charge in [0, 0.05) is 44.1 Å². The van der Waals surface area contributed by atoms with Crippen molar-refractivity contribution >= 4 is 15.9 Å². The molecule has 0 saturated carbocycles. The average molecular weight is 535 g/mol. The summed E-state index contributed by atoms with van der Waals surface area (Å²) in [5.41, 5.74) is -0.933. The minimum Gasteiger partial charge on any atom is -0.348 e. The molecule has 1 aliphatic rings. The molecule has 1 saturated heterocycles. The zero-order valence-electron chi connectivity index (χ0n) is 19.9. The summed E-state index contributed by atoms with van der Waals surface area (Å²) in [4.78, 5) is 26.0. The summed E-state index contributed by atoms with van der Waals surface area (Å²) < 4.78 is 67.4. The van der Waals surface area contributed by atoms with Gasteiger partial charge in [0.05, 0.1) is 10.5 Å². The van der Waals surface area contributed by atoms with E-state index in [0.29, 0.717) is 37.4 Å². The van der Waals surface area contributed by atoms with Gasteiger partial charge in [-0.25, -0.2) is 8.42 Å². The Balaban J connectivity index is 1.50. The lowest BCUT2D eigenvalue weighted by Gasteiger charge is -2.26. The Bertz CT molecular complexity index is 1460. The molecule has 1 aromatic heterocycles. The number of carbonyl (C=O) groups excluding carboxylic acids is 1. The third kappa shape index (κ3) is 5.76. The molecule has 1 aliphatic heterocycles. The van der Waals surface area contributed by atoms with E-state index in [9.17, 15) is 31.2 Å². The Hall–Kier alpha value is -3.48. The van der Waals surface area contributed by atoms with Crippen LogP contribution in [0.1, 0.15) is 27.2 Å². The van der Waals surface area contributed by atoms with Crippen LogP contribution in [0.5, 0.6) is 0 Å². The number of nitrogens with one attached hydrogen (secondary N) is 2. The number of hydrogen-bond acceptors (Lipinski definition) is 5. The van der Waals surface area contributed by atoms with Crippen LogP contribution in [0.3, 0.4) is 0 Å². The van der Waals surface area contributed by atoms with E-state index in [0.717, 1.165) is 16.7 Å². The first kappa shape index (κ1) is 26.6. The number of pyridine rings is 1. The predicted molar refractivity (Wildman–Crippen MR) is 131 cm³/mol. The quantitative estimate of drug-likeness (QED) is 0.507. The van der Waals surface area contributed by atoms with E-state index >= 15 is 0 Å². The first-order valence-electron chi connectivity index (χ1n) is 11.5. The summed E-state index contributed by atoms with van der Waals surface area (Å²) in [5, 5.41) is 5.71. The molecule has 0 radical (unpaired) electrons. The maximum absolute atomic E-state index is 13.1. The molecule has 2 aromatic carbocycles. The molecule has 0 unspecified atom stereocenters. The van der Waals surface area contributed by atoms with Gasteiger partial charge in [-0.15, -0.1) is 0 Å². The van der Waals surface area contributed by atoms with Crippen LogP contribution in [0.15, 0.2) is 70.4 Å². The van der Waals surface area contributed by atoms with Crippen LogP contribution in [0.25, 0.3) is 5.69 Å². The zero-order valence-corrected chi connectivity index (χ0v) is 20.7. The fourth-order valence-electron chi connectivity index (χ4n) is 4.04. The summed E-state index contributed by atoms with van der Waals surface area (Å²) in [6.07, 6.45) is -4.58. The van der Waals surface area contributed by atoms with Crippen LogP contribution in [0, 0.1) is 6.92 Å². The number of aryl methyl sites for hydroxylation is 1. The monoisotopic (exact) mass is 534 g/mol. The van der Waals surface area contributed by atoms with E-state index in [1.165, 1.54) is 40.7 Å². The summed E-state index contributed by atoms with van der Waals surface area (Å²) in [6.45, 7) is 3.50. The SMILES string of the molecule is Cc1ccc(C(=O)NCc2ccc(S(=O)(=O)N3CCNCC3)cc2)c(=O)n1-c1cccc(C(F)(F)F)c1. The molecular formula is C25H25F3N4O4S. The number of rotatable bonds is 6. The van der Waals surface area contributed by atoms with Crippen molar-refractivity contribution in [2.75, 3.05) is 26.2 Å². The van der Waals surface area contributed by atoms with Crippen LogP contribution in [-0.2, 0) is 22.7 Å². The molecule has 0 aliphatic carbocycles. The largest absolute Gasteiger partial charge is 0.416 e. The van der Waals surface area contributed by atoms with E-state index in [1.54, 1.807) is 19.1 Å². The van der Waals surface area contributed by atoms with Crippen molar-refractivity contribution in [2.24, 2.45) is 0 Å². The number of halogens is 3. The fourth-order valence-corrected chi connectivity index (χ4v) is 5.48. The number of sulfonamides is 1. The highest BCUT2D eigenvalue weighted by molar-refractivity contribution is 7.89. The third-order valence-corrected chi connectivity index (χ3v) is 7.96. The molecule has 37 heavy (non-hydrogen) atoms. The van der Waals surface area contributed by atoms with Crippen LogP contribution in [0.2, 0.25) is 0 Å². The lowest BCUT2D eigenvalue weighted by atomic mass is 10.1. The van der Waals surface area contributed by atoms with Crippen molar-refractivity contribution in [3.05, 3.63) is 93.4 Å². The summed E-state index contributed by atoms with van der Waals surface area (Å²) in [7, 11) is -3.61. The molecular weight excluding hydrogens is 509 g/mol. The van der Waals surface area contributed by atoms with Crippen LogP contribution >= 0.6 is 0 Å². The number of carbonyl (C=O) groups is 1. The normalized spacial score (nSPS) is 14.9. The third-order valence-electron chi connectivity index (χ3n) is 6.04. The number of alkyl halides is 3. The Kier molecular flexibility index (Phi) is 7.53. The van der Waals surface area contributed by atoms with E-state index in [4.69, 9.17) is 0 Å². The van der Waals surface area contributed by atoms with E-state index in [1.807, 2.05) is 0 Å². The molecule has 12 heteroatoms. The maximum atomic E-state index is 13.1. The molecule has 1 amide bonds. The highest BCUT2D eigenvalue weighted by Gasteiger charge is 2.31. The predicted octanol–water partition coefficient (Wildman–Crippen LogP) is 2.69. The molecule has 4 rings (SSSR count). The molecule has 0 bridgehead atoms. The van der Waals surface area contributed by atoms with Crippen molar-refractivity contribution in [2.45, 2.75) is 24.5 Å². The smallest absolute Gasteiger partial charge is 0.348 e. The Morgan fingerprint density at radius 3 is 2.35 bits per heavy atom. The van der Waals surface area contributed by atoms with Crippen molar-refractivity contribution in [3.8, 4) is 5.69 Å². The number of amides is 1. The number of nitrogens with zero attached hydrogens (tertiary/aromatic N) is 2. The maximum Gasteiger partial charge on any atom is 0.416 e. The molecule has 0 atom stereocenters. The van der Waals surface area contributed by atoms with Crippen LogP contribution in [0.4, 0.5) is 13.2 Å². The van der Waals surface area contributed by atoms with Crippen LogP contribution < -0.4 is 16.2 Å². The second kappa shape index (κ2) is 10.5. The first-order chi connectivity index (χ1) is 17.5. The average Bonchev–Trinajstić information content (AvgIpc) is 2.88. The minimum absolute atomic E-state index is 0.00624. The molecule has 196 valence electrons. The highest BCUT2D eigenvalue weighted by atomic mass is 32.2. The number of benzene rings is 2. The summed E-state index contributed by atoms with van der Waals surface area (Å²) in [5.74, 6) is -0.705. The Morgan fingerprint density at radius 1 is 1.03 bits per heavy atom. The van der Waals surface area contributed by atoms with Gasteiger partial charge >= 0.3 is 6.18 Å². The van der Waals surface area contributed by atoms with Gasteiger partial charge in [-0.3, -0.25) is 14.2 Å². The molecule has 2 heterocycles. The van der Waals surface area contributed by atoms with Gasteiger partial charge < -0.3 is 10.6 Å². The zero-order chi connectivity index (χ0) is 26.8. The Morgan fingerprint density at radius 2 is 1.70 bits per heavy atom. The lowest BCUT2D eigenvalue weighted by Crippen LogP contribution is -2.46.